The molecule has 0 amide bonds. The minimum absolute atomic E-state index is 0.121. The largest absolute Gasteiger partial charge is 0.496 e. The lowest BCUT2D eigenvalue weighted by molar-refractivity contribution is 0.338. The summed E-state index contributed by atoms with van der Waals surface area (Å²) in [6, 6.07) is 8.34. The van der Waals surface area contributed by atoms with Gasteiger partial charge in [-0.25, -0.2) is 0 Å². The van der Waals surface area contributed by atoms with Gasteiger partial charge in [-0.3, -0.25) is 5.41 Å². The minimum Gasteiger partial charge on any atom is -0.496 e. The van der Waals surface area contributed by atoms with Crippen LogP contribution in [0.3, 0.4) is 0 Å². The van der Waals surface area contributed by atoms with Gasteiger partial charge < -0.3 is 9.64 Å². The van der Waals surface area contributed by atoms with E-state index < -0.39 is 0 Å². The highest BCUT2D eigenvalue weighted by Crippen LogP contribution is 2.23. The van der Waals surface area contributed by atoms with Crippen LogP contribution in [0.2, 0.25) is 0 Å². The van der Waals surface area contributed by atoms with Crippen LogP contribution in [0.15, 0.2) is 24.3 Å². The zero-order valence-electron chi connectivity index (χ0n) is 12.9. The van der Waals surface area contributed by atoms with Gasteiger partial charge in [0.05, 0.1) is 7.11 Å². The van der Waals surface area contributed by atoms with Gasteiger partial charge in [-0.15, -0.1) is 0 Å². The van der Waals surface area contributed by atoms with Gasteiger partial charge in [-0.1, -0.05) is 39.0 Å². The van der Waals surface area contributed by atoms with Crippen molar-refractivity contribution in [2.75, 3.05) is 14.2 Å². The maximum atomic E-state index is 8.24. The lowest BCUT2D eigenvalue weighted by Crippen LogP contribution is -2.42. The SMILES string of the molecule is COc1ccccc1CC(C)N(C)C(=N)C(C)(C)C. The van der Waals surface area contributed by atoms with Crippen molar-refractivity contribution in [3.63, 3.8) is 0 Å². The Labute approximate surface area is 117 Å². The number of likely N-dealkylation sites (N-methyl/N-ethyl adjacent to an activating group) is 1. The normalized spacial score (nSPS) is 12.9. The Balaban J connectivity index is 2.79. The van der Waals surface area contributed by atoms with Gasteiger partial charge in [0.25, 0.3) is 0 Å². The predicted molar refractivity (Wildman–Crippen MR) is 81.1 cm³/mol. The Bertz CT molecular complexity index is 435. The molecular formula is C16H26N2O. The minimum atomic E-state index is -0.121. The zero-order valence-corrected chi connectivity index (χ0v) is 12.9. The summed E-state index contributed by atoms with van der Waals surface area (Å²) in [7, 11) is 3.69. The third-order valence-corrected chi connectivity index (χ3v) is 3.43. The molecule has 1 atom stereocenters. The summed E-state index contributed by atoms with van der Waals surface area (Å²) in [5, 5.41) is 8.24. The van der Waals surface area contributed by atoms with Gasteiger partial charge in [0.15, 0.2) is 0 Å². The molecule has 3 nitrogen and oxygen atoms in total. The van der Waals surface area contributed by atoms with Crippen LogP contribution in [0.1, 0.15) is 33.3 Å². The molecule has 1 unspecified atom stereocenters. The van der Waals surface area contributed by atoms with E-state index in [0.717, 1.165) is 12.2 Å². The van der Waals surface area contributed by atoms with Crippen LogP contribution in [-0.2, 0) is 6.42 Å². The topological polar surface area (TPSA) is 36.3 Å². The predicted octanol–water partition coefficient (Wildman–Crippen LogP) is 3.58. The number of para-hydroxylation sites is 1. The van der Waals surface area contributed by atoms with Crippen molar-refractivity contribution in [3.8, 4) is 5.75 Å². The Morgan fingerprint density at radius 1 is 1.32 bits per heavy atom. The van der Waals surface area contributed by atoms with E-state index in [4.69, 9.17) is 10.1 Å². The monoisotopic (exact) mass is 262 g/mol. The molecule has 0 bridgehead atoms. The van der Waals surface area contributed by atoms with E-state index in [1.54, 1.807) is 7.11 Å². The van der Waals surface area contributed by atoms with Gasteiger partial charge in [0.2, 0.25) is 0 Å². The van der Waals surface area contributed by atoms with Crippen molar-refractivity contribution in [1.29, 1.82) is 5.41 Å². The Hall–Kier alpha value is -1.51. The molecule has 0 fully saturated rings. The summed E-state index contributed by atoms with van der Waals surface area (Å²) in [6.07, 6.45) is 0.874. The number of rotatable bonds is 4. The number of benzene rings is 1. The number of methoxy groups -OCH3 is 1. The first-order chi connectivity index (χ1) is 8.77. The van der Waals surface area contributed by atoms with E-state index >= 15 is 0 Å². The van der Waals surface area contributed by atoms with Gasteiger partial charge in [0.1, 0.15) is 11.6 Å². The molecule has 0 aromatic heterocycles. The van der Waals surface area contributed by atoms with Gasteiger partial charge in [0, 0.05) is 18.5 Å². The van der Waals surface area contributed by atoms with E-state index in [0.29, 0.717) is 5.84 Å². The van der Waals surface area contributed by atoms with Crippen LogP contribution in [0, 0.1) is 10.8 Å². The Morgan fingerprint density at radius 2 is 1.89 bits per heavy atom. The molecule has 1 rings (SSSR count). The zero-order chi connectivity index (χ0) is 14.6. The Morgan fingerprint density at radius 3 is 2.42 bits per heavy atom. The van der Waals surface area contributed by atoms with E-state index in [2.05, 4.69) is 33.8 Å². The lowest BCUT2D eigenvalue weighted by Gasteiger charge is -2.34. The molecule has 1 N–H and O–H groups in total. The van der Waals surface area contributed by atoms with Crippen LogP contribution >= 0.6 is 0 Å². The Kier molecular flexibility index (Phi) is 4.98. The molecule has 0 saturated heterocycles. The van der Waals surface area contributed by atoms with Crippen molar-refractivity contribution in [1.82, 2.24) is 4.90 Å². The summed E-state index contributed by atoms with van der Waals surface area (Å²) in [5.74, 6) is 1.58. The smallest absolute Gasteiger partial charge is 0.122 e. The second-order valence-corrected chi connectivity index (χ2v) is 6.07. The molecule has 0 saturated carbocycles. The van der Waals surface area contributed by atoms with E-state index in [1.807, 2.05) is 30.1 Å². The molecule has 0 radical (unpaired) electrons. The van der Waals surface area contributed by atoms with E-state index in [1.165, 1.54) is 5.56 Å². The summed E-state index contributed by atoms with van der Waals surface area (Å²) < 4.78 is 5.38. The maximum Gasteiger partial charge on any atom is 0.122 e. The number of hydrogen-bond donors (Lipinski definition) is 1. The van der Waals surface area contributed by atoms with Crippen molar-refractivity contribution in [3.05, 3.63) is 29.8 Å². The third kappa shape index (κ3) is 3.98. The summed E-state index contributed by atoms with van der Waals surface area (Å²) in [5.41, 5.74) is 1.06. The fourth-order valence-corrected chi connectivity index (χ4v) is 2.08. The first-order valence-electron chi connectivity index (χ1n) is 6.71. The maximum absolute atomic E-state index is 8.24. The fraction of sp³-hybridized carbons (Fsp3) is 0.562. The molecule has 0 aliphatic carbocycles. The van der Waals surface area contributed by atoms with Crippen molar-refractivity contribution < 1.29 is 4.74 Å². The molecule has 1 aromatic rings. The first-order valence-corrected chi connectivity index (χ1v) is 6.71. The van der Waals surface area contributed by atoms with Crippen molar-refractivity contribution in [2.24, 2.45) is 5.41 Å². The van der Waals surface area contributed by atoms with Crippen LogP contribution in [-0.4, -0.2) is 30.9 Å². The van der Waals surface area contributed by atoms with Crippen LogP contribution in [0.5, 0.6) is 5.75 Å². The molecule has 19 heavy (non-hydrogen) atoms. The van der Waals surface area contributed by atoms with Gasteiger partial charge >= 0.3 is 0 Å². The van der Waals surface area contributed by atoms with E-state index in [9.17, 15) is 0 Å². The molecule has 106 valence electrons. The molecule has 0 aliphatic heterocycles. The molecule has 3 heteroatoms. The second-order valence-electron chi connectivity index (χ2n) is 6.07. The molecule has 0 spiro atoms. The number of hydrogen-bond acceptors (Lipinski definition) is 2. The second kappa shape index (κ2) is 6.09. The fourth-order valence-electron chi connectivity index (χ4n) is 2.08. The molecule has 1 aromatic carbocycles. The standard InChI is InChI=1S/C16H26N2O/c1-12(18(5)15(17)16(2,3)4)11-13-9-7-8-10-14(13)19-6/h7-10,12,17H,11H2,1-6H3. The molecular weight excluding hydrogens is 236 g/mol. The lowest BCUT2D eigenvalue weighted by atomic mass is 9.93. The first kappa shape index (κ1) is 15.5. The molecule has 0 heterocycles. The average molecular weight is 262 g/mol. The summed E-state index contributed by atoms with van der Waals surface area (Å²) in [6.45, 7) is 8.36. The van der Waals surface area contributed by atoms with Crippen molar-refractivity contribution in [2.45, 2.75) is 40.2 Å². The quantitative estimate of drug-likeness (QED) is 0.665. The van der Waals surface area contributed by atoms with Crippen LogP contribution in [0.25, 0.3) is 0 Å². The summed E-state index contributed by atoms with van der Waals surface area (Å²) in [4.78, 5) is 2.05. The number of amidine groups is 1. The highest BCUT2D eigenvalue weighted by molar-refractivity contribution is 5.84. The van der Waals surface area contributed by atoms with Crippen molar-refractivity contribution >= 4 is 5.84 Å². The number of nitrogens with zero attached hydrogens (tertiary/aromatic N) is 1. The summed E-state index contributed by atoms with van der Waals surface area (Å²) >= 11 is 0. The van der Waals surface area contributed by atoms with Crippen LogP contribution < -0.4 is 4.74 Å². The highest BCUT2D eigenvalue weighted by atomic mass is 16.5. The third-order valence-electron chi connectivity index (χ3n) is 3.43. The van der Waals surface area contributed by atoms with E-state index in [-0.39, 0.29) is 11.5 Å². The number of ether oxygens (including phenoxy) is 1. The molecule has 0 aliphatic rings. The van der Waals surface area contributed by atoms with Crippen LogP contribution in [0.4, 0.5) is 0 Å². The van der Waals surface area contributed by atoms with Gasteiger partial charge in [-0.2, -0.15) is 0 Å². The average Bonchev–Trinajstić information content (AvgIpc) is 2.36. The van der Waals surface area contributed by atoms with Gasteiger partial charge in [-0.05, 0) is 25.0 Å². The number of nitrogens with one attached hydrogen (secondary N) is 1. The highest BCUT2D eigenvalue weighted by Gasteiger charge is 2.24.